The number of fused-ring (bicyclic) bond motifs is 3. The molecule has 3 heterocycles. The minimum absolute atomic E-state index is 0. The summed E-state index contributed by atoms with van der Waals surface area (Å²) in [5, 5.41) is 29.2. The second-order valence-electron chi connectivity index (χ2n) is 24.3. The minimum atomic E-state index is -0.553. The van der Waals surface area contributed by atoms with Crippen molar-refractivity contribution in [2.45, 2.75) is 108 Å². The SMILES string of the molecule is Cc1cc(Br)cc(C)c1NC(=O)CC(C)(C)C.Cc1cc(N2CCOc3cc(F)ccc3C2)cc(C)c1NC(=O)CC(C)(C)C.Fc1ccc2c(c1)OCCNC2.NCc1ccc(F)cc1O.O=C(Cl)CCl.O=C1COc2cc(F)ccc2CN1.O=Cc1ccc(F)cc1O.[Al].[H-].[Li+]. The first-order valence-corrected chi connectivity index (χ1v) is 31.7. The Morgan fingerprint density at radius 1 is 0.649 bits per heavy atom. The number of hydrogen-bond acceptors (Lipinski definition) is 13. The van der Waals surface area contributed by atoms with E-state index in [0.717, 1.165) is 91.8 Å². The molecule has 3 aliphatic heterocycles. The molecular formula is C71H83AlBrCl2F5LiN6O10. The monoisotopic (exact) mass is 1460 g/mol. The zero-order valence-electron chi connectivity index (χ0n) is 57.3. The van der Waals surface area contributed by atoms with Crippen molar-refractivity contribution in [3.8, 4) is 28.7 Å². The summed E-state index contributed by atoms with van der Waals surface area (Å²) in [5.74, 6) is -0.733. The van der Waals surface area contributed by atoms with Crippen molar-refractivity contribution in [2.75, 3.05) is 54.3 Å². The number of anilines is 3. The van der Waals surface area contributed by atoms with Crippen molar-refractivity contribution in [3.63, 3.8) is 0 Å². The average Bonchev–Trinajstić information content (AvgIpc) is 1.40. The number of rotatable bonds is 8. The molecule has 8 N–H and O–H groups in total. The number of halogens is 8. The molecule has 3 radical (unpaired) electrons. The quantitative estimate of drug-likeness (QED) is 0.0247. The van der Waals surface area contributed by atoms with Gasteiger partial charge in [0.25, 0.3) is 5.91 Å². The molecule has 97 heavy (non-hydrogen) atoms. The normalized spacial score (nSPS) is 12.5. The number of nitrogens with zero attached hydrogens (tertiary/aromatic N) is 1. The molecule has 3 aliphatic rings. The Morgan fingerprint density at radius 3 is 1.54 bits per heavy atom. The molecule has 0 unspecified atom stereocenters. The van der Waals surface area contributed by atoms with E-state index >= 15 is 0 Å². The van der Waals surface area contributed by atoms with Crippen LogP contribution in [0.3, 0.4) is 0 Å². The van der Waals surface area contributed by atoms with Crippen molar-refractivity contribution in [1.29, 1.82) is 0 Å². The summed E-state index contributed by atoms with van der Waals surface area (Å²) in [4.78, 5) is 56.9. The number of nitrogens with one attached hydrogen (secondary N) is 4. The summed E-state index contributed by atoms with van der Waals surface area (Å²) in [6.45, 7) is 25.0. The third-order valence-corrected chi connectivity index (χ3v) is 14.5. The molecule has 26 heteroatoms. The second kappa shape index (κ2) is 42.0. The van der Waals surface area contributed by atoms with Gasteiger partial charge in [0.15, 0.2) is 12.9 Å². The Hall–Kier alpha value is -7.15. The van der Waals surface area contributed by atoms with Crippen LogP contribution >= 0.6 is 39.1 Å². The molecule has 0 saturated carbocycles. The van der Waals surface area contributed by atoms with Crippen LogP contribution in [0.4, 0.5) is 39.0 Å². The zero-order chi connectivity index (χ0) is 70.7. The number of ether oxygens (including phenoxy) is 3. The molecule has 0 spiro atoms. The molecule has 3 amide bonds. The average molecular weight is 1460 g/mol. The fourth-order valence-electron chi connectivity index (χ4n) is 9.11. The van der Waals surface area contributed by atoms with Crippen LogP contribution < -0.4 is 65.0 Å². The number of alkyl halides is 1. The minimum Gasteiger partial charge on any atom is -1.00 e. The first-order valence-electron chi connectivity index (χ1n) is 30.0. The number of phenols is 2. The topological polar surface area (TPSA) is 231 Å². The Morgan fingerprint density at radius 2 is 1.07 bits per heavy atom. The van der Waals surface area contributed by atoms with E-state index in [-0.39, 0.29) is 120 Å². The summed E-state index contributed by atoms with van der Waals surface area (Å²) in [7, 11) is 0. The third-order valence-electron chi connectivity index (χ3n) is 13.5. The van der Waals surface area contributed by atoms with Crippen LogP contribution in [-0.2, 0) is 45.4 Å². The van der Waals surface area contributed by atoms with Crippen molar-refractivity contribution < 1.29 is 90.6 Å². The Balaban J connectivity index is 0.000000600. The molecule has 517 valence electrons. The number of aromatic hydroxyl groups is 2. The van der Waals surface area contributed by atoms with Crippen LogP contribution in [0.1, 0.15) is 111 Å². The second-order valence-corrected chi connectivity index (χ2v) is 25.9. The molecule has 7 aromatic rings. The van der Waals surface area contributed by atoms with Gasteiger partial charge in [0, 0.05) is 137 Å². The molecule has 0 bridgehead atoms. The number of benzene rings is 7. The molecule has 0 aromatic heterocycles. The first kappa shape index (κ1) is 85.9. The van der Waals surface area contributed by atoms with Gasteiger partial charge in [-0.2, -0.15) is 0 Å². The third kappa shape index (κ3) is 31.5. The van der Waals surface area contributed by atoms with Gasteiger partial charge in [0.2, 0.25) is 17.1 Å². The van der Waals surface area contributed by atoms with Crippen LogP contribution in [0.25, 0.3) is 0 Å². The Labute approximate surface area is 606 Å². The first-order chi connectivity index (χ1) is 44.7. The fraction of sp³-hybridized carbons (Fsp3) is 0.338. The summed E-state index contributed by atoms with van der Waals surface area (Å²) < 4.78 is 80.6. The number of phenolic OH excluding ortho intramolecular Hbond substituents is 2. The van der Waals surface area contributed by atoms with E-state index in [0.29, 0.717) is 74.8 Å². The molecule has 0 saturated heterocycles. The molecule has 7 aromatic carbocycles. The smallest absolute Gasteiger partial charge is 1.00 e. The van der Waals surface area contributed by atoms with Crippen LogP contribution in [-0.4, -0.2) is 95.6 Å². The largest absolute Gasteiger partial charge is 1.00 e. The molecule has 0 atom stereocenters. The van der Waals surface area contributed by atoms with Crippen molar-refractivity contribution in [3.05, 3.63) is 199 Å². The number of aryl methyl sites for hydroxylation is 4. The standard InChI is InChI=1S/C23H29FN2O2.C14H20BrNO.C9H8FNO2.C9H10FNO.C7H8FNO.C7H5FO2.C2H2Cl2O.Al.Li.H/c1-15-10-19(11-16(2)22(15)25-21(27)13-23(3,4)5)26-8-9-28-20-12-18(24)7-6-17(20)14-26;1-9-6-11(15)7-10(2)13(9)16-12(17)8-14(3,4)5;10-7-2-1-6-4-11-9(12)5-13-8(6)3-7;10-8-2-1-7-6-11-3-4-12-9(7)5-8;2*8-6-2-1-5(4-9)7(10)3-6;3-1-2(4)5;;;/h6-7,10-12H,8-9,13-14H2,1-5H3,(H,25,27);6-7H,8H2,1-5H3,(H,16,17);1-3H,4-5H2,(H,11,12);1-2,5,11H,3-4,6H2;1-3,10H,4,9H2;1-4,10H;1H2;;;/q;;;;;;;;+1;-1. The van der Waals surface area contributed by atoms with Crippen molar-refractivity contribution >= 4 is 103 Å². The molecule has 10 rings (SSSR count). The Kier molecular flexibility index (Phi) is 37.2. The fourth-order valence-corrected chi connectivity index (χ4v) is 9.80. The van der Waals surface area contributed by atoms with E-state index in [9.17, 15) is 45.9 Å². The van der Waals surface area contributed by atoms with Gasteiger partial charge in [-0.05, 0) is 133 Å². The van der Waals surface area contributed by atoms with Gasteiger partial charge in [-0.1, -0.05) is 81.7 Å². The van der Waals surface area contributed by atoms with Gasteiger partial charge in [0.1, 0.15) is 71.0 Å². The van der Waals surface area contributed by atoms with E-state index in [1.807, 2.05) is 39.8 Å². The summed E-state index contributed by atoms with van der Waals surface area (Å²) in [6.07, 6.45) is 1.47. The van der Waals surface area contributed by atoms with Gasteiger partial charge >= 0.3 is 18.9 Å². The molecule has 16 nitrogen and oxygen atoms in total. The maximum atomic E-state index is 13.5. The summed E-state index contributed by atoms with van der Waals surface area (Å²) in [5.41, 5.74) is 15.7. The molecule has 0 aliphatic carbocycles. The number of amides is 3. The zero-order valence-corrected chi connectivity index (χ0v) is 60.6. The van der Waals surface area contributed by atoms with E-state index < -0.39 is 16.9 Å². The summed E-state index contributed by atoms with van der Waals surface area (Å²) >= 11 is 13.0. The van der Waals surface area contributed by atoms with E-state index in [1.165, 1.54) is 54.6 Å². The van der Waals surface area contributed by atoms with Crippen LogP contribution in [0.15, 0.2) is 120 Å². The molecule has 0 fully saturated rings. The Bertz CT molecular complexity index is 3740. The van der Waals surface area contributed by atoms with Crippen molar-refractivity contribution in [2.24, 2.45) is 16.6 Å². The number of nitrogens with two attached hydrogens (primary N) is 1. The maximum absolute atomic E-state index is 13.5. The molecular weight excluding hydrogens is 1380 g/mol. The van der Waals surface area contributed by atoms with Crippen LogP contribution in [0, 0.1) is 67.6 Å². The number of aldehydes is 1. The number of carbonyl (C=O) groups excluding carboxylic acids is 5. The predicted molar refractivity (Wildman–Crippen MR) is 373 cm³/mol. The van der Waals surface area contributed by atoms with Gasteiger partial charge in [-0.25, -0.2) is 22.0 Å². The number of hydrogen-bond donors (Lipinski definition) is 7. The van der Waals surface area contributed by atoms with Gasteiger partial charge < -0.3 is 57.8 Å². The summed E-state index contributed by atoms with van der Waals surface area (Å²) in [6, 6.07) is 28.8. The van der Waals surface area contributed by atoms with Crippen molar-refractivity contribution in [1.82, 2.24) is 10.6 Å². The van der Waals surface area contributed by atoms with Gasteiger partial charge in [-0.15, -0.1) is 11.6 Å². The van der Waals surface area contributed by atoms with Gasteiger partial charge in [-0.3, -0.25) is 24.0 Å². The predicted octanol–water partition coefficient (Wildman–Crippen LogP) is 11.9. The van der Waals surface area contributed by atoms with E-state index in [1.54, 1.807) is 18.2 Å². The maximum Gasteiger partial charge on any atom is 1.00 e. The number of carbonyl (C=O) groups is 5. The van der Waals surface area contributed by atoms with E-state index in [2.05, 4.69) is 95.8 Å². The van der Waals surface area contributed by atoms with Crippen LogP contribution in [0.5, 0.6) is 28.7 Å². The van der Waals surface area contributed by atoms with Crippen LogP contribution in [0.2, 0.25) is 0 Å². The van der Waals surface area contributed by atoms with Gasteiger partial charge in [0.05, 0.1) is 18.0 Å². The van der Waals surface area contributed by atoms with E-state index in [4.69, 9.17) is 53.4 Å².